The number of rotatable bonds is 3. The summed E-state index contributed by atoms with van der Waals surface area (Å²) in [5.74, 6) is 0.905. The van der Waals surface area contributed by atoms with Crippen molar-refractivity contribution < 1.29 is 4.74 Å². The van der Waals surface area contributed by atoms with Crippen LogP contribution in [0.25, 0.3) is 0 Å². The van der Waals surface area contributed by atoms with Gasteiger partial charge in [0.15, 0.2) is 0 Å². The lowest BCUT2D eigenvalue weighted by Gasteiger charge is -2.09. The molecule has 0 aliphatic carbocycles. The van der Waals surface area contributed by atoms with E-state index in [1.165, 1.54) is 11.1 Å². The summed E-state index contributed by atoms with van der Waals surface area (Å²) in [7, 11) is 1.68. The van der Waals surface area contributed by atoms with Gasteiger partial charge in [0.1, 0.15) is 5.75 Å². The number of hydrogen-bond acceptors (Lipinski definition) is 2. The van der Waals surface area contributed by atoms with E-state index in [0.717, 1.165) is 16.6 Å². The molecule has 2 nitrogen and oxygen atoms in total. The van der Waals surface area contributed by atoms with Crippen LogP contribution in [0.3, 0.4) is 0 Å². The minimum atomic E-state index is 0.650. The Labute approximate surface area is 87.2 Å². The van der Waals surface area contributed by atoms with E-state index in [0.29, 0.717) is 6.54 Å². The molecule has 1 rings (SSSR count). The van der Waals surface area contributed by atoms with Crippen molar-refractivity contribution in [2.24, 2.45) is 5.73 Å². The molecule has 0 atom stereocenters. The molecule has 0 aromatic heterocycles. The number of ether oxygens (including phenoxy) is 1. The van der Waals surface area contributed by atoms with E-state index < -0.39 is 0 Å². The fraction of sp³-hybridized carbons (Fsp3) is 0.400. The fourth-order valence-corrected chi connectivity index (χ4v) is 1.59. The maximum Gasteiger partial charge on any atom is 0.123 e. The van der Waals surface area contributed by atoms with E-state index in [1.807, 2.05) is 6.07 Å². The molecule has 0 bridgehead atoms. The number of aryl methyl sites for hydroxylation is 1. The lowest BCUT2D eigenvalue weighted by atomic mass is 10.1. The van der Waals surface area contributed by atoms with Gasteiger partial charge in [-0.15, -0.1) is 0 Å². The second-order valence-corrected chi connectivity index (χ2v) is 3.81. The smallest absolute Gasteiger partial charge is 0.123 e. The van der Waals surface area contributed by atoms with Gasteiger partial charge >= 0.3 is 0 Å². The molecule has 0 saturated heterocycles. The SMILES string of the molecule is COc1cc(Br)c(C)cc1CCN. The van der Waals surface area contributed by atoms with Gasteiger partial charge in [-0.05, 0) is 37.1 Å². The first-order valence-electron chi connectivity index (χ1n) is 4.22. The highest BCUT2D eigenvalue weighted by Crippen LogP contribution is 2.27. The van der Waals surface area contributed by atoms with Crippen molar-refractivity contribution in [3.63, 3.8) is 0 Å². The lowest BCUT2D eigenvalue weighted by molar-refractivity contribution is 0.409. The highest BCUT2D eigenvalue weighted by molar-refractivity contribution is 9.10. The van der Waals surface area contributed by atoms with Gasteiger partial charge < -0.3 is 10.5 Å². The Morgan fingerprint density at radius 1 is 1.46 bits per heavy atom. The highest BCUT2D eigenvalue weighted by Gasteiger charge is 2.05. The minimum Gasteiger partial charge on any atom is -0.496 e. The Bertz CT molecular complexity index is 299. The molecule has 0 fully saturated rings. The van der Waals surface area contributed by atoms with Gasteiger partial charge in [-0.2, -0.15) is 0 Å². The van der Waals surface area contributed by atoms with Crippen LogP contribution in [0.15, 0.2) is 16.6 Å². The molecule has 3 heteroatoms. The number of nitrogens with two attached hydrogens (primary N) is 1. The maximum atomic E-state index is 5.50. The number of hydrogen-bond donors (Lipinski definition) is 1. The molecule has 1 aromatic carbocycles. The fourth-order valence-electron chi connectivity index (χ4n) is 1.26. The van der Waals surface area contributed by atoms with Crippen molar-refractivity contribution >= 4 is 15.9 Å². The predicted molar refractivity (Wildman–Crippen MR) is 58.2 cm³/mol. The van der Waals surface area contributed by atoms with E-state index in [1.54, 1.807) is 7.11 Å². The summed E-state index contributed by atoms with van der Waals surface area (Å²) in [4.78, 5) is 0. The molecule has 0 radical (unpaired) electrons. The first kappa shape index (κ1) is 10.5. The Morgan fingerprint density at radius 2 is 2.15 bits per heavy atom. The average molecular weight is 244 g/mol. The summed E-state index contributed by atoms with van der Waals surface area (Å²) in [5, 5.41) is 0. The van der Waals surface area contributed by atoms with Crippen LogP contribution in [0.1, 0.15) is 11.1 Å². The van der Waals surface area contributed by atoms with Crippen molar-refractivity contribution in [1.82, 2.24) is 0 Å². The zero-order valence-electron chi connectivity index (χ0n) is 7.93. The normalized spacial score (nSPS) is 10.2. The Morgan fingerprint density at radius 3 is 2.69 bits per heavy atom. The van der Waals surface area contributed by atoms with E-state index >= 15 is 0 Å². The lowest BCUT2D eigenvalue weighted by Crippen LogP contribution is -2.04. The second kappa shape index (κ2) is 4.63. The molecule has 13 heavy (non-hydrogen) atoms. The quantitative estimate of drug-likeness (QED) is 0.885. The monoisotopic (exact) mass is 243 g/mol. The molecule has 0 unspecified atom stereocenters. The molecule has 0 aliphatic heterocycles. The van der Waals surface area contributed by atoms with Gasteiger partial charge in [0.2, 0.25) is 0 Å². The van der Waals surface area contributed by atoms with Crippen LogP contribution >= 0.6 is 15.9 Å². The van der Waals surface area contributed by atoms with Crippen LogP contribution in [0, 0.1) is 6.92 Å². The highest BCUT2D eigenvalue weighted by atomic mass is 79.9. The largest absolute Gasteiger partial charge is 0.496 e. The van der Waals surface area contributed by atoms with Crippen LogP contribution in [0.2, 0.25) is 0 Å². The summed E-state index contributed by atoms with van der Waals surface area (Å²) >= 11 is 3.46. The van der Waals surface area contributed by atoms with Crippen molar-refractivity contribution in [1.29, 1.82) is 0 Å². The zero-order chi connectivity index (χ0) is 9.84. The molecule has 72 valence electrons. The van der Waals surface area contributed by atoms with Gasteiger partial charge in [-0.3, -0.25) is 0 Å². The Hall–Kier alpha value is -0.540. The molecular formula is C10H14BrNO. The number of methoxy groups -OCH3 is 1. The summed E-state index contributed by atoms with van der Waals surface area (Å²) < 4.78 is 6.32. The number of halogens is 1. The summed E-state index contributed by atoms with van der Waals surface area (Å²) in [6.07, 6.45) is 0.858. The van der Waals surface area contributed by atoms with Crippen LogP contribution in [0.5, 0.6) is 5.75 Å². The summed E-state index contributed by atoms with van der Waals surface area (Å²) in [6.45, 7) is 2.71. The van der Waals surface area contributed by atoms with Gasteiger partial charge in [0.05, 0.1) is 7.11 Å². The third kappa shape index (κ3) is 2.45. The number of benzene rings is 1. The van der Waals surface area contributed by atoms with E-state index in [9.17, 15) is 0 Å². The second-order valence-electron chi connectivity index (χ2n) is 2.95. The zero-order valence-corrected chi connectivity index (χ0v) is 9.52. The molecule has 1 aromatic rings. The van der Waals surface area contributed by atoms with Crippen LogP contribution < -0.4 is 10.5 Å². The van der Waals surface area contributed by atoms with Crippen LogP contribution in [-0.4, -0.2) is 13.7 Å². The van der Waals surface area contributed by atoms with Crippen molar-refractivity contribution in [2.45, 2.75) is 13.3 Å². The Kier molecular flexibility index (Phi) is 3.75. The molecule has 0 heterocycles. The topological polar surface area (TPSA) is 35.2 Å². The molecular weight excluding hydrogens is 230 g/mol. The van der Waals surface area contributed by atoms with Gasteiger partial charge in [0, 0.05) is 4.47 Å². The molecule has 0 amide bonds. The third-order valence-electron chi connectivity index (χ3n) is 1.98. The van der Waals surface area contributed by atoms with Gasteiger partial charge in [-0.1, -0.05) is 22.0 Å². The molecule has 0 aliphatic rings. The molecule has 2 N–H and O–H groups in total. The van der Waals surface area contributed by atoms with Crippen LogP contribution in [-0.2, 0) is 6.42 Å². The van der Waals surface area contributed by atoms with Gasteiger partial charge in [-0.25, -0.2) is 0 Å². The summed E-state index contributed by atoms with van der Waals surface area (Å²) in [5.41, 5.74) is 7.89. The van der Waals surface area contributed by atoms with E-state index in [4.69, 9.17) is 10.5 Å². The predicted octanol–water partition coefficient (Wildman–Crippen LogP) is 2.27. The first-order chi connectivity index (χ1) is 6.19. The van der Waals surface area contributed by atoms with Crippen molar-refractivity contribution in [3.8, 4) is 5.75 Å². The van der Waals surface area contributed by atoms with Crippen molar-refractivity contribution in [3.05, 3.63) is 27.7 Å². The Balaban J connectivity index is 3.09. The van der Waals surface area contributed by atoms with Gasteiger partial charge in [0.25, 0.3) is 0 Å². The molecule has 0 saturated carbocycles. The molecule has 0 spiro atoms. The van der Waals surface area contributed by atoms with Crippen LogP contribution in [0.4, 0.5) is 0 Å². The standard InChI is InChI=1S/C10H14BrNO/c1-7-5-8(3-4-12)10(13-2)6-9(7)11/h5-6H,3-4,12H2,1-2H3. The van der Waals surface area contributed by atoms with E-state index in [2.05, 4.69) is 28.9 Å². The van der Waals surface area contributed by atoms with E-state index in [-0.39, 0.29) is 0 Å². The third-order valence-corrected chi connectivity index (χ3v) is 2.83. The average Bonchev–Trinajstić information content (AvgIpc) is 2.11. The maximum absolute atomic E-state index is 5.50. The first-order valence-corrected chi connectivity index (χ1v) is 5.01. The van der Waals surface area contributed by atoms with Crippen molar-refractivity contribution in [2.75, 3.05) is 13.7 Å². The minimum absolute atomic E-state index is 0.650. The summed E-state index contributed by atoms with van der Waals surface area (Å²) in [6, 6.07) is 4.09.